The van der Waals surface area contributed by atoms with Crippen molar-refractivity contribution in [3.05, 3.63) is 70.9 Å². The Bertz CT molecular complexity index is 1170. The van der Waals surface area contributed by atoms with Crippen molar-refractivity contribution in [2.45, 2.75) is 37.3 Å². The zero-order valence-corrected chi connectivity index (χ0v) is 20.0. The van der Waals surface area contributed by atoms with Gasteiger partial charge in [0, 0.05) is 38.3 Å². The summed E-state index contributed by atoms with van der Waals surface area (Å²) in [7, 11) is 0. The molecule has 0 unspecified atom stereocenters. The van der Waals surface area contributed by atoms with E-state index >= 15 is 0 Å². The van der Waals surface area contributed by atoms with Gasteiger partial charge in [-0.25, -0.2) is 18.7 Å². The van der Waals surface area contributed by atoms with E-state index in [0.29, 0.717) is 25.9 Å². The summed E-state index contributed by atoms with van der Waals surface area (Å²) in [5, 5.41) is 8.31. The zero-order chi connectivity index (χ0) is 23.1. The van der Waals surface area contributed by atoms with Crippen LogP contribution in [0.3, 0.4) is 0 Å². The van der Waals surface area contributed by atoms with Crippen LogP contribution in [0.1, 0.15) is 34.9 Å². The van der Waals surface area contributed by atoms with E-state index < -0.39 is 12.3 Å². The summed E-state index contributed by atoms with van der Waals surface area (Å²) < 4.78 is 27.0. The number of halogens is 2. The predicted octanol–water partition coefficient (Wildman–Crippen LogP) is 6.35. The Kier molecular flexibility index (Phi) is 5.99. The van der Waals surface area contributed by atoms with Gasteiger partial charge in [-0.1, -0.05) is 48.5 Å². The highest BCUT2D eigenvalue weighted by molar-refractivity contribution is 7.15. The Hall–Kier alpha value is -2.52. The molecule has 6 rings (SSSR count). The van der Waals surface area contributed by atoms with Gasteiger partial charge in [0.1, 0.15) is 22.4 Å². The molecular weight excluding hydrogens is 470 g/mol. The van der Waals surface area contributed by atoms with Crippen molar-refractivity contribution >= 4 is 22.7 Å². The minimum atomic E-state index is -0.783. The van der Waals surface area contributed by atoms with Gasteiger partial charge in [-0.2, -0.15) is 0 Å². The SMILES string of the molecule is F[C@H]1CN[C@H](c2ncc(-c3ccc(-c4ccc(-c5cnc([C@@H]6C[C@@H](F)CN6)s5)cc4)cc3)s2)C1. The molecule has 8 heteroatoms. The molecule has 4 atom stereocenters. The smallest absolute Gasteiger partial charge is 0.114 e. The van der Waals surface area contributed by atoms with E-state index in [2.05, 4.69) is 69.1 Å². The van der Waals surface area contributed by atoms with Crippen LogP contribution in [-0.2, 0) is 0 Å². The van der Waals surface area contributed by atoms with Crippen LogP contribution in [0.4, 0.5) is 8.78 Å². The van der Waals surface area contributed by atoms with Gasteiger partial charge in [0.15, 0.2) is 0 Å². The maximum Gasteiger partial charge on any atom is 0.114 e. The molecule has 174 valence electrons. The van der Waals surface area contributed by atoms with Crippen LogP contribution in [-0.4, -0.2) is 35.4 Å². The number of benzene rings is 2. The lowest BCUT2D eigenvalue weighted by molar-refractivity contribution is 0.355. The van der Waals surface area contributed by atoms with Gasteiger partial charge in [0.25, 0.3) is 0 Å². The number of aromatic nitrogens is 2. The third-order valence-electron chi connectivity index (χ3n) is 6.47. The van der Waals surface area contributed by atoms with E-state index in [0.717, 1.165) is 42.0 Å². The summed E-state index contributed by atoms with van der Waals surface area (Å²) in [6, 6.07) is 17.0. The molecule has 0 spiro atoms. The van der Waals surface area contributed by atoms with Crippen LogP contribution >= 0.6 is 22.7 Å². The third-order valence-corrected chi connectivity index (χ3v) is 8.79. The van der Waals surface area contributed by atoms with E-state index in [9.17, 15) is 8.78 Å². The predicted molar refractivity (Wildman–Crippen MR) is 135 cm³/mol. The van der Waals surface area contributed by atoms with Crippen molar-refractivity contribution in [2.75, 3.05) is 13.1 Å². The molecule has 2 N–H and O–H groups in total. The molecular formula is C26H24F2N4S2. The second kappa shape index (κ2) is 9.26. The van der Waals surface area contributed by atoms with Crippen molar-refractivity contribution in [2.24, 2.45) is 0 Å². The fraction of sp³-hybridized carbons (Fsp3) is 0.308. The molecule has 0 amide bonds. The first-order chi connectivity index (χ1) is 16.6. The van der Waals surface area contributed by atoms with Gasteiger partial charge in [-0.3, -0.25) is 0 Å². The summed E-state index contributed by atoms with van der Waals surface area (Å²) >= 11 is 3.25. The first kappa shape index (κ1) is 22.0. The van der Waals surface area contributed by atoms with Crippen molar-refractivity contribution in [1.82, 2.24) is 20.6 Å². The molecule has 4 heterocycles. The lowest BCUT2D eigenvalue weighted by Gasteiger charge is -2.06. The van der Waals surface area contributed by atoms with Crippen LogP contribution in [0.2, 0.25) is 0 Å². The standard InChI is InChI=1S/C26H24F2N4S2/c27-19-9-21(29-11-19)25-31-13-23(33-25)17-5-1-15(2-6-17)16-3-7-18(8-4-16)24-14-32-26(34-24)22-10-20(28)12-30-22/h1-8,13-14,19-22,29-30H,9-12H2/t19-,20-,21+,22+/m1/s1. The summed E-state index contributed by atoms with van der Waals surface area (Å²) in [6.07, 6.45) is 3.20. The molecule has 4 nitrogen and oxygen atoms in total. The maximum atomic E-state index is 13.5. The Balaban J connectivity index is 1.15. The Labute approximate surface area is 205 Å². The molecule has 0 bridgehead atoms. The molecule has 2 aliphatic heterocycles. The number of nitrogens with one attached hydrogen (secondary N) is 2. The molecule has 2 aromatic carbocycles. The van der Waals surface area contributed by atoms with E-state index in [1.807, 2.05) is 12.4 Å². The molecule has 2 aliphatic rings. The summed E-state index contributed by atoms with van der Waals surface area (Å²) in [4.78, 5) is 11.2. The first-order valence-corrected chi connectivity index (χ1v) is 13.1. The highest BCUT2D eigenvalue weighted by Crippen LogP contribution is 2.36. The summed E-state index contributed by atoms with van der Waals surface area (Å²) in [5.74, 6) is 0. The topological polar surface area (TPSA) is 49.8 Å². The fourth-order valence-corrected chi connectivity index (χ4v) is 6.60. The number of hydrogen-bond acceptors (Lipinski definition) is 6. The van der Waals surface area contributed by atoms with Gasteiger partial charge >= 0.3 is 0 Å². The molecule has 2 fully saturated rings. The van der Waals surface area contributed by atoms with Crippen molar-refractivity contribution < 1.29 is 8.78 Å². The van der Waals surface area contributed by atoms with Crippen molar-refractivity contribution in [1.29, 1.82) is 0 Å². The fourth-order valence-electron chi connectivity index (χ4n) is 4.58. The Morgan fingerprint density at radius 1 is 0.618 bits per heavy atom. The molecule has 0 saturated carbocycles. The van der Waals surface area contributed by atoms with E-state index in [1.165, 1.54) is 0 Å². The molecule has 2 saturated heterocycles. The molecule has 0 aliphatic carbocycles. The second-order valence-corrected chi connectivity index (χ2v) is 11.0. The first-order valence-electron chi connectivity index (χ1n) is 11.5. The van der Waals surface area contributed by atoms with Gasteiger partial charge in [0.05, 0.1) is 21.8 Å². The van der Waals surface area contributed by atoms with Crippen molar-refractivity contribution in [3.8, 4) is 32.0 Å². The quantitative estimate of drug-likeness (QED) is 0.340. The number of rotatable bonds is 5. The van der Waals surface area contributed by atoms with E-state index in [4.69, 9.17) is 0 Å². The minimum absolute atomic E-state index is 0.0243. The monoisotopic (exact) mass is 494 g/mol. The number of nitrogens with zero attached hydrogens (tertiary/aromatic N) is 2. The number of alkyl halides is 2. The molecule has 34 heavy (non-hydrogen) atoms. The third kappa shape index (κ3) is 4.43. The summed E-state index contributed by atoms with van der Waals surface area (Å²) in [5.41, 5.74) is 4.53. The van der Waals surface area contributed by atoms with E-state index in [-0.39, 0.29) is 12.1 Å². The lowest BCUT2D eigenvalue weighted by atomic mass is 10.0. The molecule has 0 radical (unpaired) electrons. The van der Waals surface area contributed by atoms with Crippen molar-refractivity contribution in [3.63, 3.8) is 0 Å². The van der Waals surface area contributed by atoms with E-state index in [1.54, 1.807) is 22.7 Å². The van der Waals surface area contributed by atoms with Crippen LogP contribution in [0.15, 0.2) is 60.9 Å². The average molecular weight is 495 g/mol. The van der Waals surface area contributed by atoms with Gasteiger partial charge in [-0.05, 0) is 22.3 Å². The normalized spacial score (nSPS) is 24.6. The zero-order valence-electron chi connectivity index (χ0n) is 18.4. The van der Waals surface area contributed by atoms with Gasteiger partial charge in [0.2, 0.25) is 0 Å². The molecule has 2 aromatic heterocycles. The van der Waals surface area contributed by atoms with Crippen LogP contribution < -0.4 is 10.6 Å². The summed E-state index contributed by atoms with van der Waals surface area (Å²) in [6.45, 7) is 0.822. The maximum absolute atomic E-state index is 13.5. The number of hydrogen-bond donors (Lipinski definition) is 2. The molecule has 4 aromatic rings. The Morgan fingerprint density at radius 2 is 1.00 bits per heavy atom. The largest absolute Gasteiger partial charge is 0.305 e. The average Bonchev–Trinajstić information content (AvgIpc) is 3.66. The highest BCUT2D eigenvalue weighted by Gasteiger charge is 2.28. The van der Waals surface area contributed by atoms with Gasteiger partial charge < -0.3 is 10.6 Å². The van der Waals surface area contributed by atoms with Crippen LogP contribution in [0.5, 0.6) is 0 Å². The lowest BCUT2D eigenvalue weighted by Crippen LogP contribution is -2.13. The van der Waals surface area contributed by atoms with Gasteiger partial charge in [-0.15, -0.1) is 22.7 Å². The second-order valence-electron chi connectivity index (χ2n) is 8.87. The van der Waals surface area contributed by atoms with Crippen LogP contribution in [0.25, 0.3) is 32.0 Å². The number of thiazole rings is 2. The highest BCUT2D eigenvalue weighted by atomic mass is 32.1. The Morgan fingerprint density at radius 3 is 1.35 bits per heavy atom. The minimum Gasteiger partial charge on any atom is -0.305 e. The van der Waals surface area contributed by atoms with Crippen LogP contribution in [0, 0.1) is 0 Å².